The van der Waals surface area contributed by atoms with E-state index in [1.54, 1.807) is 0 Å². The van der Waals surface area contributed by atoms with Gasteiger partial charge in [0.25, 0.3) is 0 Å². The Morgan fingerprint density at radius 3 is 2.11 bits per heavy atom. The summed E-state index contributed by atoms with van der Waals surface area (Å²) in [5.41, 5.74) is 0. The summed E-state index contributed by atoms with van der Waals surface area (Å²) in [4.78, 5) is 11.0. The molecule has 0 aromatic carbocycles. The number of carbonyl (C=O) groups excluding carboxylic acids is 1. The van der Waals surface area contributed by atoms with Gasteiger partial charge >= 0.3 is 0 Å². The van der Waals surface area contributed by atoms with Crippen molar-refractivity contribution in [3.8, 4) is 0 Å². The van der Waals surface area contributed by atoms with Crippen molar-refractivity contribution in [3.63, 3.8) is 0 Å². The molecule has 108 valence electrons. The third-order valence-corrected chi connectivity index (χ3v) is 2.02. The Hall–Kier alpha value is -0.690. The first kappa shape index (κ1) is 17.3. The smallest absolute Gasteiger partial charge is 0.245 e. The number of amides is 1. The monoisotopic (exact) mass is 262 g/mol. The van der Waals surface area contributed by atoms with E-state index in [1.165, 1.54) is 0 Å². The van der Waals surface area contributed by atoms with Crippen LogP contribution in [0, 0.1) is 0 Å². The lowest BCUT2D eigenvalue weighted by Crippen LogP contribution is -2.27. The predicted molar refractivity (Wildman–Crippen MR) is 69.7 cm³/mol. The molecule has 18 heavy (non-hydrogen) atoms. The van der Waals surface area contributed by atoms with Gasteiger partial charge in [-0.25, -0.2) is 0 Å². The summed E-state index contributed by atoms with van der Waals surface area (Å²) in [5.74, 6) is -0.0933. The van der Waals surface area contributed by atoms with E-state index in [0.717, 1.165) is 13.1 Å². The summed E-state index contributed by atoms with van der Waals surface area (Å²) >= 11 is 0. The molecule has 0 aromatic heterocycles. The minimum atomic E-state index is -0.0933. The predicted octanol–water partition coefficient (Wildman–Crippen LogP) is -0.218. The van der Waals surface area contributed by atoms with Crippen molar-refractivity contribution in [3.05, 3.63) is 0 Å². The molecule has 0 aromatic rings. The molecule has 0 unspecified atom stereocenters. The van der Waals surface area contributed by atoms with E-state index >= 15 is 0 Å². The van der Waals surface area contributed by atoms with Gasteiger partial charge in [-0.05, 0) is 13.5 Å². The third-order valence-electron chi connectivity index (χ3n) is 2.02. The zero-order valence-corrected chi connectivity index (χ0v) is 11.5. The maximum absolute atomic E-state index is 11.0. The number of rotatable bonds is 13. The second kappa shape index (κ2) is 14.4. The summed E-state index contributed by atoms with van der Waals surface area (Å²) in [7, 11) is 0. The van der Waals surface area contributed by atoms with Gasteiger partial charge in [-0.15, -0.1) is 0 Å². The first-order chi connectivity index (χ1) is 8.81. The molecule has 0 aliphatic rings. The van der Waals surface area contributed by atoms with E-state index in [9.17, 15) is 4.79 Å². The summed E-state index contributed by atoms with van der Waals surface area (Å²) < 4.78 is 15.7. The lowest BCUT2D eigenvalue weighted by atomic mass is 10.6. The number of ether oxygens (including phenoxy) is 3. The van der Waals surface area contributed by atoms with Crippen LogP contribution in [0.25, 0.3) is 0 Å². The highest BCUT2D eigenvalue weighted by atomic mass is 16.5. The van der Waals surface area contributed by atoms with Crippen LogP contribution in [0.4, 0.5) is 0 Å². The van der Waals surface area contributed by atoms with Gasteiger partial charge in [0.15, 0.2) is 0 Å². The molecule has 0 radical (unpaired) electrons. The van der Waals surface area contributed by atoms with Gasteiger partial charge in [-0.3, -0.25) is 4.79 Å². The minimum absolute atomic E-state index is 0.0933. The highest BCUT2D eigenvalue weighted by Gasteiger charge is 1.98. The van der Waals surface area contributed by atoms with Gasteiger partial charge < -0.3 is 24.8 Å². The second-order valence-corrected chi connectivity index (χ2v) is 3.58. The second-order valence-electron chi connectivity index (χ2n) is 3.58. The fourth-order valence-electron chi connectivity index (χ4n) is 1.17. The lowest BCUT2D eigenvalue weighted by Gasteiger charge is -2.07. The molecule has 0 heterocycles. The fourth-order valence-corrected chi connectivity index (χ4v) is 1.17. The molecule has 0 spiro atoms. The normalized spacial score (nSPS) is 10.6. The topological polar surface area (TPSA) is 68.8 Å². The minimum Gasteiger partial charge on any atom is -0.378 e. The van der Waals surface area contributed by atoms with E-state index in [-0.39, 0.29) is 12.5 Å². The van der Waals surface area contributed by atoms with Crippen molar-refractivity contribution in [1.29, 1.82) is 0 Å². The van der Waals surface area contributed by atoms with Gasteiger partial charge in [-0.2, -0.15) is 0 Å². The van der Waals surface area contributed by atoms with Crippen LogP contribution in [-0.4, -0.2) is 65.2 Å². The Bertz CT molecular complexity index is 191. The number of carbonyl (C=O) groups is 1. The SMILES string of the molecule is CCNCCOCCOCCOCC(=O)NCC. The average Bonchev–Trinajstić information content (AvgIpc) is 2.36. The number of hydrogen-bond acceptors (Lipinski definition) is 5. The largest absolute Gasteiger partial charge is 0.378 e. The van der Waals surface area contributed by atoms with Crippen LogP contribution in [0.15, 0.2) is 0 Å². The van der Waals surface area contributed by atoms with Gasteiger partial charge in [-0.1, -0.05) is 6.92 Å². The van der Waals surface area contributed by atoms with Gasteiger partial charge in [0.2, 0.25) is 5.91 Å². The summed E-state index contributed by atoms with van der Waals surface area (Å²) in [6.07, 6.45) is 0. The molecule has 0 saturated heterocycles. The maximum atomic E-state index is 11.0. The van der Waals surface area contributed by atoms with E-state index in [1.807, 2.05) is 6.92 Å². The molecular formula is C12H26N2O4. The van der Waals surface area contributed by atoms with Crippen LogP contribution in [0.1, 0.15) is 13.8 Å². The zero-order valence-electron chi connectivity index (χ0n) is 11.5. The Labute approximate surface area is 109 Å². The highest BCUT2D eigenvalue weighted by molar-refractivity contribution is 5.77. The van der Waals surface area contributed by atoms with Crippen molar-refractivity contribution < 1.29 is 19.0 Å². The van der Waals surface area contributed by atoms with E-state index in [0.29, 0.717) is 39.6 Å². The molecule has 1 amide bonds. The van der Waals surface area contributed by atoms with Crippen molar-refractivity contribution in [2.24, 2.45) is 0 Å². The number of likely N-dealkylation sites (N-methyl/N-ethyl adjacent to an activating group) is 2. The van der Waals surface area contributed by atoms with Crippen LogP contribution < -0.4 is 10.6 Å². The standard InChI is InChI=1S/C12H26N2O4/c1-3-13-5-6-16-7-8-17-9-10-18-11-12(15)14-4-2/h13H,3-11H2,1-2H3,(H,14,15). The van der Waals surface area contributed by atoms with Gasteiger partial charge in [0.05, 0.1) is 33.0 Å². The third kappa shape index (κ3) is 13.4. The van der Waals surface area contributed by atoms with E-state index in [4.69, 9.17) is 14.2 Å². The van der Waals surface area contributed by atoms with Crippen molar-refractivity contribution in [2.45, 2.75) is 13.8 Å². The molecule has 0 fully saturated rings. The van der Waals surface area contributed by atoms with Crippen molar-refractivity contribution in [2.75, 3.05) is 59.3 Å². The van der Waals surface area contributed by atoms with Crippen LogP contribution in [-0.2, 0) is 19.0 Å². The molecule has 0 aliphatic heterocycles. The molecule has 0 aliphatic carbocycles. The van der Waals surface area contributed by atoms with Gasteiger partial charge in [0.1, 0.15) is 6.61 Å². The fraction of sp³-hybridized carbons (Fsp3) is 0.917. The number of hydrogen-bond donors (Lipinski definition) is 2. The summed E-state index contributed by atoms with van der Waals surface area (Å²) in [6.45, 7) is 9.23. The quantitative estimate of drug-likeness (QED) is 0.449. The Balaban J connectivity index is 3.01. The molecule has 0 rings (SSSR count). The molecule has 0 saturated carbocycles. The molecular weight excluding hydrogens is 236 g/mol. The maximum Gasteiger partial charge on any atom is 0.245 e. The molecule has 0 bridgehead atoms. The van der Waals surface area contributed by atoms with E-state index in [2.05, 4.69) is 17.6 Å². The van der Waals surface area contributed by atoms with Crippen molar-refractivity contribution >= 4 is 5.91 Å². The first-order valence-electron chi connectivity index (χ1n) is 6.51. The number of nitrogens with one attached hydrogen (secondary N) is 2. The van der Waals surface area contributed by atoms with Crippen LogP contribution >= 0.6 is 0 Å². The lowest BCUT2D eigenvalue weighted by molar-refractivity contribution is -0.126. The molecule has 2 N–H and O–H groups in total. The molecule has 6 heteroatoms. The average molecular weight is 262 g/mol. The van der Waals surface area contributed by atoms with Crippen LogP contribution in [0.3, 0.4) is 0 Å². The summed E-state index contributed by atoms with van der Waals surface area (Å²) in [6, 6.07) is 0. The zero-order chi connectivity index (χ0) is 13.5. The molecule has 0 atom stereocenters. The Kier molecular flexibility index (Phi) is 13.8. The van der Waals surface area contributed by atoms with Crippen LogP contribution in [0.2, 0.25) is 0 Å². The summed E-state index contributed by atoms with van der Waals surface area (Å²) in [5, 5.41) is 5.81. The highest BCUT2D eigenvalue weighted by Crippen LogP contribution is 1.81. The molecule has 6 nitrogen and oxygen atoms in total. The van der Waals surface area contributed by atoms with Crippen LogP contribution in [0.5, 0.6) is 0 Å². The first-order valence-corrected chi connectivity index (χ1v) is 6.51. The van der Waals surface area contributed by atoms with Crippen molar-refractivity contribution in [1.82, 2.24) is 10.6 Å². The van der Waals surface area contributed by atoms with E-state index < -0.39 is 0 Å². The Morgan fingerprint density at radius 1 is 0.889 bits per heavy atom. The van der Waals surface area contributed by atoms with Gasteiger partial charge in [0, 0.05) is 13.1 Å². The Morgan fingerprint density at radius 2 is 1.50 bits per heavy atom.